The molecule has 180 valence electrons. The van der Waals surface area contributed by atoms with E-state index in [-0.39, 0.29) is 11.4 Å². The highest BCUT2D eigenvalue weighted by atomic mass is 32.2. The molecule has 1 amide bonds. The maximum atomic E-state index is 13.3. The number of carbonyl (C=O) groups is 1. The number of halogens is 3. The summed E-state index contributed by atoms with van der Waals surface area (Å²) in [5, 5.41) is 11.5. The molecule has 0 bridgehead atoms. The van der Waals surface area contributed by atoms with Crippen LogP contribution < -0.4 is 10.2 Å². The Labute approximate surface area is 199 Å². The van der Waals surface area contributed by atoms with Gasteiger partial charge in [0.1, 0.15) is 5.82 Å². The van der Waals surface area contributed by atoms with Gasteiger partial charge in [-0.3, -0.25) is 4.79 Å². The summed E-state index contributed by atoms with van der Waals surface area (Å²) in [4.78, 5) is 14.7. The van der Waals surface area contributed by atoms with Crippen LogP contribution in [0.25, 0.3) is 0 Å². The van der Waals surface area contributed by atoms with Gasteiger partial charge in [0.05, 0.1) is 42.4 Å². The van der Waals surface area contributed by atoms with Crippen molar-refractivity contribution in [2.75, 3.05) is 42.3 Å². The van der Waals surface area contributed by atoms with Crippen molar-refractivity contribution >= 4 is 29.0 Å². The molecule has 1 fully saturated rings. The Morgan fingerprint density at radius 3 is 2.56 bits per heavy atom. The Hall–Kier alpha value is -3.05. The number of aryl methyl sites for hydroxylation is 1. The van der Waals surface area contributed by atoms with Crippen LogP contribution in [0.4, 0.5) is 24.5 Å². The number of nitrogens with zero attached hydrogens (tertiary/aromatic N) is 4. The van der Waals surface area contributed by atoms with Crippen LogP contribution in [0.5, 0.6) is 0 Å². The van der Waals surface area contributed by atoms with E-state index in [1.165, 1.54) is 17.8 Å². The molecule has 2 heterocycles. The maximum Gasteiger partial charge on any atom is 0.416 e. The first kappa shape index (κ1) is 24.1. The molecule has 1 saturated heterocycles. The second kappa shape index (κ2) is 10.5. The van der Waals surface area contributed by atoms with Gasteiger partial charge in [-0.2, -0.15) is 13.2 Å². The second-order valence-electron chi connectivity index (χ2n) is 7.77. The van der Waals surface area contributed by atoms with Gasteiger partial charge in [0.2, 0.25) is 5.91 Å². The average Bonchev–Trinajstić information content (AvgIpc) is 3.17. The van der Waals surface area contributed by atoms with E-state index in [2.05, 4.69) is 15.5 Å². The summed E-state index contributed by atoms with van der Waals surface area (Å²) < 4.78 is 47.2. The first-order valence-corrected chi connectivity index (χ1v) is 11.7. The van der Waals surface area contributed by atoms with Crippen molar-refractivity contribution in [2.24, 2.45) is 0 Å². The van der Waals surface area contributed by atoms with Crippen LogP contribution in [0.15, 0.2) is 53.7 Å². The number of morpholine rings is 1. The van der Waals surface area contributed by atoms with Crippen molar-refractivity contribution in [2.45, 2.75) is 24.8 Å². The Bertz CT molecular complexity index is 1130. The zero-order valence-electron chi connectivity index (χ0n) is 18.5. The number of carbonyl (C=O) groups excluding carboxylic acids is 1. The molecule has 11 heteroatoms. The zero-order valence-corrected chi connectivity index (χ0v) is 19.3. The largest absolute Gasteiger partial charge is 0.416 e. The monoisotopic (exact) mass is 491 g/mol. The third kappa shape index (κ3) is 5.89. The van der Waals surface area contributed by atoms with E-state index >= 15 is 0 Å². The Morgan fingerprint density at radius 1 is 1.12 bits per heavy atom. The van der Waals surface area contributed by atoms with Crippen molar-refractivity contribution in [3.63, 3.8) is 0 Å². The minimum atomic E-state index is -4.51. The number of aromatic nitrogens is 3. The van der Waals surface area contributed by atoms with Gasteiger partial charge in [0, 0.05) is 13.1 Å². The lowest BCUT2D eigenvalue weighted by Gasteiger charge is -2.31. The summed E-state index contributed by atoms with van der Waals surface area (Å²) in [5.41, 5.74) is 0.920. The minimum Gasteiger partial charge on any atom is -0.378 e. The van der Waals surface area contributed by atoms with E-state index in [0.717, 1.165) is 17.7 Å². The molecular weight excluding hydrogens is 467 g/mol. The van der Waals surface area contributed by atoms with Crippen LogP contribution in [0, 0.1) is 6.92 Å². The van der Waals surface area contributed by atoms with Crippen LogP contribution in [0.2, 0.25) is 0 Å². The molecule has 3 aromatic rings. The zero-order chi connectivity index (χ0) is 24.1. The van der Waals surface area contributed by atoms with Crippen LogP contribution >= 0.6 is 11.8 Å². The van der Waals surface area contributed by atoms with Crippen LogP contribution in [0.3, 0.4) is 0 Å². The van der Waals surface area contributed by atoms with Gasteiger partial charge in [0.15, 0.2) is 5.16 Å². The molecule has 7 nitrogen and oxygen atoms in total. The lowest BCUT2D eigenvalue weighted by Crippen LogP contribution is -2.37. The highest BCUT2D eigenvalue weighted by Crippen LogP contribution is 2.36. The van der Waals surface area contributed by atoms with Gasteiger partial charge in [-0.15, -0.1) is 10.2 Å². The van der Waals surface area contributed by atoms with Crippen molar-refractivity contribution in [1.29, 1.82) is 0 Å². The molecule has 1 aromatic heterocycles. The molecule has 0 spiro atoms. The average molecular weight is 492 g/mol. The molecule has 0 radical (unpaired) electrons. The Morgan fingerprint density at radius 2 is 1.85 bits per heavy atom. The number of thioether (sulfide) groups is 1. The number of hydrogen-bond donors (Lipinski definition) is 1. The molecule has 0 unspecified atom stereocenters. The van der Waals surface area contributed by atoms with E-state index in [0.29, 0.717) is 49.5 Å². The van der Waals surface area contributed by atoms with Crippen LogP contribution in [-0.4, -0.2) is 52.7 Å². The number of anilines is 2. The molecule has 2 aromatic carbocycles. The molecular formula is C23H24F3N5O2S. The van der Waals surface area contributed by atoms with Crippen molar-refractivity contribution in [1.82, 2.24) is 14.8 Å². The van der Waals surface area contributed by atoms with Crippen LogP contribution in [-0.2, 0) is 22.3 Å². The highest BCUT2D eigenvalue weighted by molar-refractivity contribution is 7.99. The summed E-state index contributed by atoms with van der Waals surface area (Å²) in [6.45, 7) is 4.40. The minimum absolute atomic E-state index is 0.0221. The fourth-order valence-electron chi connectivity index (χ4n) is 3.63. The number of benzene rings is 2. The van der Waals surface area contributed by atoms with Gasteiger partial charge in [-0.1, -0.05) is 42.1 Å². The topological polar surface area (TPSA) is 72.3 Å². The molecule has 0 aliphatic carbocycles. The molecule has 34 heavy (non-hydrogen) atoms. The van der Waals surface area contributed by atoms with E-state index in [4.69, 9.17) is 4.74 Å². The lowest BCUT2D eigenvalue weighted by molar-refractivity contribution is -0.137. The van der Waals surface area contributed by atoms with E-state index in [9.17, 15) is 18.0 Å². The van der Waals surface area contributed by atoms with Crippen LogP contribution in [0.1, 0.15) is 17.0 Å². The number of amides is 1. The van der Waals surface area contributed by atoms with Gasteiger partial charge in [-0.25, -0.2) is 0 Å². The third-order valence-corrected chi connectivity index (χ3v) is 6.33. The fraction of sp³-hybridized carbons (Fsp3) is 0.348. The normalized spacial score (nSPS) is 14.3. The van der Waals surface area contributed by atoms with E-state index < -0.39 is 17.6 Å². The summed E-state index contributed by atoms with van der Waals surface area (Å²) in [5.74, 6) is 0.260. The van der Waals surface area contributed by atoms with Gasteiger partial charge in [-0.05, 0) is 30.7 Å². The quantitative estimate of drug-likeness (QED) is 0.499. The summed E-state index contributed by atoms with van der Waals surface area (Å²) in [6.07, 6.45) is -4.51. The maximum absolute atomic E-state index is 13.3. The standard InChI is InChI=1S/C23H24F3N5O2S/c1-16-28-29-22(31(16)14-17-5-3-2-4-6-17)34-15-21(32)27-19-13-18(23(24,25)26)7-8-20(19)30-9-11-33-12-10-30/h2-8,13H,9-12,14-15H2,1H3,(H,27,32). The SMILES string of the molecule is Cc1nnc(SCC(=O)Nc2cc(C(F)(F)F)ccc2N2CCOCC2)n1Cc1ccccc1. The molecule has 1 N–H and O–H groups in total. The van der Waals surface area contributed by atoms with E-state index in [1.54, 1.807) is 0 Å². The number of hydrogen-bond acceptors (Lipinski definition) is 6. The van der Waals surface area contributed by atoms with Gasteiger partial charge < -0.3 is 19.5 Å². The van der Waals surface area contributed by atoms with Crippen molar-refractivity contribution < 1.29 is 22.7 Å². The molecule has 1 aliphatic rings. The molecule has 0 saturated carbocycles. The molecule has 1 aliphatic heterocycles. The third-order valence-electron chi connectivity index (χ3n) is 5.37. The summed E-state index contributed by atoms with van der Waals surface area (Å²) >= 11 is 1.19. The van der Waals surface area contributed by atoms with Gasteiger partial charge >= 0.3 is 6.18 Å². The molecule has 0 atom stereocenters. The Kier molecular flexibility index (Phi) is 7.42. The number of alkyl halides is 3. The first-order chi connectivity index (χ1) is 16.3. The lowest BCUT2D eigenvalue weighted by atomic mass is 10.1. The fourth-order valence-corrected chi connectivity index (χ4v) is 4.41. The predicted octanol–water partition coefficient (Wildman–Crippen LogP) is 4.22. The van der Waals surface area contributed by atoms with Crippen molar-refractivity contribution in [3.8, 4) is 0 Å². The van der Waals surface area contributed by atoms with Crippen molar-refractivity contribution in [3.05, 3.63) is 65.5 Å². The smallest absolute Gasteiger partial charge is 0.378 e. The van der Waals surface area contributed by atoms with E-state index in [1.807, 2.05) is 46.7 Å². The first-order valence-electron chi connectivity index (χ1n) is 10.7. The second-order valence-corrected chi connectivity index (χ2v) is 8.71. The number of rotatable bonds is 7. The highest BCUT2D eigenvalue weighted by Gasteiger charge is 2.32. The predicted molar refractivity (Wildman–Crippen MR) is 124 cm³/mol. The Balaban J connectivity index is 1.48. The summed E-state index contributed by atoms with van der Waals surface area (Å²) in [7, 11) is 0. The molecule has 4 rings (SSSR count). The van der Waals surface area contributed by atoms with Gasteiger partial charge in [0.25, 0.3) is 0 Å². The summed E-state index contributed by atoms with van der Waals surface area (Å²) in [6, 6.07) is 13.2. The number of ether oxygens (including phenoxy) is 1. The number of nitrogens with one attached hydrogen (secondary N) is 1.